The number of alkyl halides is 3. The van der Waals surface area contributed by atoms with Gasteiger partial charge in [-0.05, 0) is 6.92 Å². The number of carbonyl (C=O) groups is 2. The highest BCUT2D eigenvalue weighted by molar-refractivity contribution is 7.19. The average Bonchev–Trinajstić information content (AvgIpc) is 2.63. The standard InChI is InChI=1S/C12H16F3N3O2S/c1-5(4-12(13,14)15)18-11-7(10(20)17-3)8(16)9(21-11)6(2)19/h5,18H,4,16H2,1-3H3,(H,17,20). The van der Waals surface area contributed by atoms with Gasteiger partial charge in [0, 0.05) is 20.0 Å². The van der Waals surface area contributed by atoms with Crippen molar-refractivity contribution in [2.75, 3.05) is 18.1 Å². The lowest BCUT2D eigenvalue weighted by Gasteiger charge is -2.16. The Balaban J connectivity index is 3.13. The first kappa shape index (κ1) is 17.3. The number of ketones is 1. The van der Waals surface area contributed by atoms with Gasteiger partial charge in [-0.15, -0.1) is 11.3 Å². The van der Waals surface area contributed by atoms with E-state index >= 15 is 0 Å². The second-order valence-corrected chi connectivity index (χ2v) is 5.57. The van der Waals surface area contributed by atoms with Gasteiger partial charge in [0.1, 0.15) is 5.00 Å². The Morgan fingerprint density at radius 1 is 1.38 bits per heavy atom. The van der Waals surface area contributed by atoms with Crippen LogP contribution in [0.4, 0.5) is 23.9 Å². The summed E-state index contributed by atoms with van der Waals surface area (Å²) in [6, 6.07) is -0.953. The van der Waals surface area contributed by atoms with Gasteiger partial charge in [0.25, 0.3) is 5.91 Å². The third kappa shape index (κ3) is 4.35. The van der Waals surface area contributed by atoms with E-state index in [0.29, 0.717) is 0 Å². The molecule has 0 saturated heterocycles. The number of nitrogen functional groups attached to an aromatic ring is 1. The first-order chi connectivity index (χ1) is 9.56. The van der Waals surface area contributed by atoms with Crippen molar-refractivity contribution in [3.8, 4) is 0 Å². The van der Waals surface area contributed by atoms with Gasteiger partial charge in [0.2, 0.25) is 0 Å². The molecule has 1 unspecified atom stereocenters. The first-order valence-electron chi connectivity index (χ1n) is 6.05. The first-order valence-corrected chi connectivity index (χ1v) is 6.87. The Morgan fingerprint density at radius 3 is 2.38 bits per heavy atom. The van der Waals surface area contributed by atoms with Gasteiger partial charge in [-0.1, -0.05) is 0 Å². The van der Waals surface area contributed by atoms with Gasteiger partial charge >= 0.3 is 6.18 Å². The molecule has 0 saturated carbocycles. The number of Topliss-reactive ketones (excluding diaryl/α,β-unsaturated/α-hetero) is 1. The lowest BCUT2D eigenvalue weighted by Crippen LogP contribution is -2.25. The van der Waals surface area contributed by atoms with Crippen LogP contribution >= 0.6 is 11.3 Å². The van der Waals surface area contributed by atoms with Crippen molar-refractivity contribution < 1.29 is 22.8 Å². The van der Waals surface area contributed by atoms with Crippen molar-refractivity contribution >= 4 is 33.7 Å². The quantitative estimate of drug-likeness (QED) is 0.727. The van der Waals surface area contributed by atoms with Gasteiger partial charge in [-0.3, -0.25) is 9.59 Å². The van der Waals surface area contributed by atoms with Crippen molar-refractivity contribution in [3.63, 3.8) is 0 Å². The molecule has 0 aromatic carbocycles. The zero-order valence-electron chi connectivity index (χ0n) is 11.7. The van der Waals surface area contributed by atoms with Crippen molar-refractivity contribution in [2.24, 2.45) is 0 Å². The number of carbonyl (C=O) groups excluding carboxylic acids is 2. The summed E-state index contributed by atoms with van der Waals surface area (Å²) in [7, 11) is 1.37. The van der Waals surface area contributed by atoms with Crippen molar-refractivity contribution in [1.82, 2.24) is 5.32 Å². The molecule has 0 radical (unpaired) electrons. The third-order valence-electron chi connectivity index (χ3n) is 2.63. The summed E-state index contributed by atoms with van der Waals surface area (Å²) in [6.07, 6.45) is -5.39. The van der Waals surface area contributed by atoms with Crippen LogP contribution in [0.25, 0.3) is 0 Å². The summed E-state index contributed by atoms with van der Waals surface area (Å²) in [5.41, 5.74) is 5.73. The maximum absolute atomic E-state index is 12.4. The molecule has 5 nitrogen and oxygen atoms in total. The minimum absolute atomic E-state index is 0.00160. The topological polar surface area (TPSA) is 84.2 Å². The van der Waals surface area contributed by atoms with Crippen LogP contribution in [-0.4, -0.2) is 31.0 Å². The minimum atomic E-state index is -4.33. The molecule has 1 heterocycles. The molecule has 0 fully saturated rings. The number of amides is 1. The van der Waals surface area contributed by atoms with E-state index in [2.05, 4.69) is 10.6 Å². The molecule has 1 atom stereocenters. The van der Waals surface area contributed by atoms with Crippen LogP contribution in [0.5, 0.6) is 0 Å². The van der Waals surface area contributed by atoms with Gasteiger partial charge in [-0.2, -0.15) is 13.2 Å². The van der Waals surface area contributed by atoms with Crippen LogP contribution in [0.3, 0.4) is 0 Å². The lowest BCUT2D eigenvalue weighted by atomic mass is 10.1. The number of hydrogen-bond donors (Lipinski definition) is 3. The van der Waals surface area contributed by atoms with E-state index in [1.54, 1.807) is 0 Å². The maximum atomic E-state index is 12.4. The van der Waals surface area contributed by atoms with Gasteiger partial charge in [-0.25, -0.2) is 0 Å². The van der Waals surface area contributed by atoms with Crippen molar-refractivity contribution in [2.45, 2.75) is 32.5 Å². The van der Waals surface area contributed by atoms with E-state index in [1.807, 2.05) is 0 Å². The molecule has 0 aliphatic heterocycles. The zero-order chi connectivity index (χ0) is 16.4. The number of halogens is 3. The summed E-state index contributed by atoms with van der Waals surface area (Å²) in [5, 5.41) is 5.12. The number of rotatable bonds is 5. The normalized spacial score (nSPS) is 12.9. The fraction of sp³-hybridized carbons (Fsp3) is 0.500. The molecule has 21 heavy (non-hydrogen) atoms. The number of nitrogens with one attached hydrogen (secondary N) is 2. The van der Waals surface area contributed by atoms with Crippen LogP contribution in [0.2, 0.25) is 0 Å². The van der Waals surface area contributed by atoms with Crippen molar-refractivity contribution in [3.05, 3.63) is 10.4 Å². The number of hydrogen-bond acceptors (Lipinski definition) is 5. The Morgan fingerprint density at radius 2 is 1.95 bits per heavy atom. The highest BCUT2D eigenvalue weighted by atomic mass is 32.1. The number of thiophene rings is 1. The second-order valence-electron chi connectivity index (χ2n) is 4.55. The summed E-state index contributed by atoms with van der Waals surface area (Å²) >= 11 is 0.878. The van der Waals surface area contributed by atoms with Crippen LogP contribution in [0, 0.1) is 0 Å². The molecule has 1 amide bonds. The van der Waals surface area contributed by atoms with E-state index < -0.39 is 24.5 Å². The van der Waals surface area contributed by atoms with E-state index in [9.17, 15) is 22.8 Å². The third-order valence-corrected chi connectivity index (χ3v) is 3.87. The smallest absolute Gasteiger partial charge is 0.391 e. The predicted molar refractivity (Wildman–Crippen MR) is 75.9 cm³/mol. The van der Waals surface area contributed by atoms with Gasteiger partial charge < -0.3 is 16.4 Å². The average molecular weight is 323 g/mol. The molecule has 1 aromatic rings. The molecule has 1 aromatic heterocycles. The highest BCUT2D eigenvalue weighted by Gasteiger charge is 2.31. The van der Waals surface area contributed by atoms with Crippen LogP contribution in [0.15, 0.2) is 0 Å². The summed E-state index contributed by atoms with van der Waals surface area (Å²) < 4.78 is 37.1. The van der Waals surface area contributed by atoms with Crippen LogP contribution in [0.1, 0.15) is 40.3 Å². The molecule has 0 aliphatic carbocycles. The number of nitrogens with two attached hydrogens (primary N) is 1. The summed E-state index contributed by atoms with van der Waals surface area (Å²) in [4.78, 5) is 23.4. The lowest BCUT2D eigenvalue weighted by molar-refractivity contribution is -0.136. The van der Waals surface area contributed by atoms with E-state index in [0.717, 1.165) is 11.3 Å². The Labute approximate surface area is 123 Å². The fourth-order valence-electron chi connectivity index (χ4n) is 1.78. The molecule has 118 valence electrons. The predicted octanol–water partition coefficient (Wildman–Crippen LogP) is 2.65. The van der Waals surface area contributed by atoms with E-state index in [-0.39, 0.29) is 26.9 Å². The van der Waals surface area contributed by atoms with Crippen LogP contribution in [-0.2, 0) is 0 Å². The highest BCUT2D eigenvalue weighted by Crippen LogP contribution is 2.37. The van der Waals surface area contributed by atoms with Crippen molar-refractivity contribution in [1.29, 1.82) is 0 Å². The molecule has 1 rings (SSSR count). The summed E-state index contributed by atoms with van der Waals surface area (Å²) in [6.45, 7) is 2.61. The molecule has 4 N–H and O–H groups in total. The van der Waals surface area contributed by atoms with Gasteiger partial charge in [0.15, 0.2) is 5.78 Å². The molecule has 9 heteroatoms. The van der Waals surface area contributed by atoms with Gasteiger partial charge in [0.05, 0.1) is 22.5 Å². The van der Waals surface area contributed by atoms with E-state index in [4.69, 9.17) is 5.73 Å². The maximum Gasteiger partial charge on any atom is 0.391 e. The Hall–Kier alpha value is -1.77. The van der Waals surface area contributed by atoms with E-state index in [1.165, 1.54) is 20.9 Å². The SMILES string of the molecule is CNC(=O)c1c(NC(C)CC(F)(F)F)sc(C(C)=O)c1N. The monoisotopic (exact) mass is 323 g/mol. The Bertz CT molecular complexity index is 555. The Kier molecular flexibility index (Phi) is 5.21. The summed E-state index contributed by atoms with van der Waals surface area (Å²) in [5.74, 6) is -0.905. The minimum Gasteiger partial charge on any atom is -0.397 e. The second kappa shape index (κ2) is 6.33. The zero-order valence-corrected chi connectivity index (χ0v) is 12.5. The molecule has 0 bridgehead atoms. The molecule has 0 aliphatic rings. The molecular weight excluding hydrogens is 307 g/mol. The largest absolute Gasteiger partial charge is 0.397 e. The molecule has 0 spiro atoms. The number of anilines is 2. The molecular formula is C12H16F3N3O2S. The van der Waals surface area contributed by atoms with Crippen LogP contribution < -0.4 is 16.4 Å². The fourth-order valence-corrected chi connectivity index (χ4v) is 2.90.